The van der Waals surface area contributed by atoms with Gasteiger partial charge in [0, 0.05) is 0 Å². The van der Waals surface area contributed by atoms with Crippen molar-refractivity contribution in [2.45, 2.75) is 77.9 Å². The fraction of sp³-hybridized carbons (Fsp3) is 0.923. The zero-order chi connectivity index (χ0) is 11.6. The van der Waals surface area contributed by atoms with Crippen molar-refractivity contribution in [3.63, 3.8) is 0 Å². The van der Waals surface area contributed by atoms with Crippen LogP contribution in [0.4, 0.5) is 0 Å². The molecule has 2 heteroatoms. The molecule has 0 saturated heterocycles. The summed E-state index contributed by atoms with van der Waals surface area (Å²) < 4.78 is 6.21. The van der Waals surface area contributed by atoms with Gasteiger partial charge in [-0.15, -0.1) is 0 Å². The fourth-order valence-corrected chi connectivity index (χ4v) is 6.58. The molecule has 0 aliphatic heterocycles. The Hall–Kier alpha value is 0.177. The highest BCUT2D eigenvalue weighted by atomic mass is 28.4. The minimum Gasteiger partial charge on any atom is -0.411 e. The zero-order valence-electron chi connectivity index (χ0n) is 11.1. The summed E-state index contributed by atoms with van der Waals surface area (Å²) in [6.45, 7) is 11.2. The molecule has 0 aromatic heterocycles. The van der Waals surface area contributed by atoms with Crippen LogP contribution in [0, 0.1) is 6.61 Å². The van der Waals surface area contributed by atoms with Gasteiger partial charge in [-0.3, -0.25) is 0 Å². The summed E-state index contributed by atoms with van der Waals surface area (Å²) in [5.41, 5.74) is 0. The second-order valence-corrected chi connectivity index (χ2v) is 8.61. The zero-order valence-corrected chi connectivity index (χ0v) is 12.1. The van der Waals surface area contributed by atoms with Crippen molar-refractivity contribution < 1.29 is 4.43 Å². The average Bonchev–Trinajstić information content (AvgIpc) is 2.19. The molecule has 0 spiro atoms. The van der Waals surface area contributed by atoms with E-state index in [1.54, 1.807) is 0 Å². The maximum absolute atomic E-state index is 6.21. The number of rotatable bonds is 10. The van der Waals surface area contributed by atoms with Crippen molar-refractivity contribution in [2.24, 2.45) is 0 Å². The predicted octanol–water partition coefficient (Wildman–Crippen LogP) is 5.14. The lowest BCUT2D eigenvalue weighted by Crippen LogP contribution is -2.36. The molecule has 91 valence electrons. The summed E-state index contributed by atoms with van der Waals surface area (Å²) in [5, 5.41) is 0. The molecule has 0 bridgehead atoms. The van der Waals surface area contributed by atoms with E-state index in [4.69, 9.17) is 4.43 Å². The van der Waals surface area contributed by atoms with Gasteiger partial charge >= 0.3 is 0 Å². The van der Waals surface area contributed by atoms with Crippen LogP contribution in [-0.4, -0.2) is 8.32 Å². The molecular formula is C13H29OSi. The second-order valence-electron chi connectivity index (χ2n) is 4.51. The molecule has 0 heterocycles. The lowest BCUT2D eigenvalue weighted by atomic mass is 10.4. The molecule has 0 aliphatic carbocycles. The van der Waals surface area contributed by atoms with Crippen LogP contribution in [0.5, 0.6) is 0 Å². The average molecular weight is 229 g/mol. The number of hydrogen-bond donors (Lipinski definition) is 0. The van der Waals surface area contributed by atoms with Crippen molar-refractivity contribution in [1.29, 1.82) is 0 Å². The first-order valence-electron chi connectivity index (χ1n) is 6.74. The smallest absolute Gasteiger partial charge is 0.193 e. The normalized spacial score (nSPS) is 12.0. The molecule has 0 rings (SSSR count). The second kappa shape index (κ2) is 9.41. The van der Waals surface area contributed by atoms with E-state index in [1.165, 1.54) is 43.8 Å². The molecule has 1 radical (unpaired) electrons. The maximum atomic E-state index is 6.21. The molecule has 0 atom stereocenters. The lowest BCUT2D eigenvalue weighted by Gasteiger charge is -2.30. The molecule has 0 saturated carbocycles. The van der Waals surface area contributed by atoms with E-state index in [0.29, 0.717) is 0 Å². The molecule has 0 amide bonds. The summed E-state index contributed by atoms with van der Waals surface area (Å²) in [7, 11) is -1.39. The van der Waals surface area contributed by atoms with Gasteiger partial charge in [-0.1, -0.05) is 53.4 Å². The summed E-state index contributed by atoms with van der Waals surface area (Å²) >= 11 is 0. The first-order chi connectivity index (χ1) is 7.24. The monoisotopic (exact) mass is 229 g/mol. The fourth-order valence-electron chi connectivity index (χ4n) is 2.27. The summed E-state index contributed by atoms with van der Waals surface area (Å²) in [4.78, 5) is 0. The number of unbranched alkanes of at least 4 members (excludes halogenated alkanes) is 1. The van der Waals surface area contributed by atoms with Crippen LogP contribution in [0.1, 0.15) is 59.8 Å². The quantitative estimate of drug-likeness (QED) is 0.372. The van der Waals surface area contributed by atoms with Crippen molar-refractivity contribution in [3.05, 3.63) is 6.61 Å². The molecule has 0 aromatic rings. The molecule has 0 N–H and O–H groups in total. The third-order valence-electron chi connectivity index (χ3n) is 2.86. The third kappa shape index (κ3) is 6.36. The van der Waals surface area contributed by atoms with Crippen molar-refractivity contribution in [1.82, 2.24) is 0 Å². The standard InChI is InChI=1S/C13H29OSi/c1-5-9-10-14-15(11-6-2,12-7-3)13-8-4/h10H,5-9,11-13H2,1-4H3. The summed E-state index contributed by atoms with van der Waals surface area (Å²) in [6, 6.07) is 4.03. The van der Waals surface area contributed by atoms with Gasteiger partial charge < -0.3 is 4.43 Å². The van der Waals surface area contributed by atoms with Crippen LogP contribution in [0.25, 0.3) is 0 Å². The van der Waals surface area contributed by atoms with Crippen LogP contribution < -0.4 is 0 Å². The van der Waals surface area contributed by atoms with Gasteiger partial charge in [0.1, 0.15) is 0 Å². The number of hydrogen-bond acceptors (Lipinski definition) is 1. The Balaban J connectivity index is 4.18. The van der Waals surface area contributed by atoms with E-state index in [1.807, 2.05) is 0 Å². The Kier molecular flexibility index (Phi) is 9.52. The van der Waals surface area contributed by atoms with Gasteiger partial charge in [0.15, 0.2) is 8.32 Å². The van der Waals surface area contributed by atoms with E-state index in [9.17, 15) is 0 Å². The van der Waals surface area contributed by atoms with Gasteiger partial charge in [0.25, 0.3) is 0 Å². The van der Waals surface area contributed by atoms with E-state index < -0.39 is 8.32 Å². The Labute approximate surface area is 97.7 Å². The molecule has 0 fully saturated rings. The van der Waals surface area contributed by atoms with Crippen molar-refractivity contribution in [2.75, 3.05) is 0 Å². The largest absolute Gasteiger partial charge is 0.411 e. The van der Waals surface area contributed by atoms with Crippen LogP contribution in [0.15, 0.2) is 0 Å². The van der Waals surface area contributed by atoms with Gasteiger partial charge in [-0.2, -0.15) is 0 Å². The molecule has 1 nitrogen and oxygen atoms in total. The minimum absolute atomic E-state index is 1.12. The van der Waals surface area contributed by atoms with Gasteiger partial charge in [-0.05, 0) is 24.6 Å². The first kappa shape index (κ1) is 15.2. The summed E-state index contributed by atoms with van der Waals surface area (Å²) in [6.07, 6.45) is 6.17. The molecule has 0 aromatic carbocycles. The third-order valence-corrected chi connectivity index (χ3v) is 7.76. The Bertz CT molecular complexity index is 119. The Morgan fingerprint density at radius 1 is 0.800 bits per heavy atom. The van der Waals surface area contributed by atoms with Crippen molar-refractivity contribution in [3.8, 4) is 0 Å². The predicted molar refractivity (Wildman–Crippen MR) is 71.3 cm³/mol. The highest BCUT2D eigenvalue weighted by Gasteiger charge is 2.31. The highest BCUT2D eigenvalue weighted by molar-refractivity contribution is 6.73. The van der Waals surface area contributed by atoms with Gasteiger partial charge in [-0.25, -0.2) is 0 Å². The van der Waals surface area contributed by atoms with Crippen LogP contribution in [-0.2, 0) is 4.43 Å². The molecule has 0 unspecified atom stereocenters. The van der Waals surface area contributed by atoms with Gasteiger partial charge in [0.2, 0.25) is 0 Å². The van der Waals surface area contributed by atoms with Crippen LogP contribution in [0.2, 0.25) is 18.1 Å². The van der Waals surface area contributed by atoms with Crippen LogP contribution >= 0.6 is 0 Å². The topological polar surface area (TPSA) is 9.23 Å². The van der Waals surface area contributed by atoms with E-state index >= 15 is 0 Å². The van der Waals surface area contributed by atoms with E-state index in [2.05, 4.69) is 34.3 Å². The highest BCUT2D eigenvalue weighted by Crippen LogP contribution is 2.28. The molecule has 15 heavy (non-hydrogen) atoms. The Morgan fingerprint density at radius 2 is 1.27 bits per heavy atom. The van der Waals surface area contributed by atoms with Gasteiger partial charge in [0.05, 0.1) is 6.61 Å². The lowest BCUT2D eigenvalue weighted by molar-refractivity contribution is 0.364. The van der Waals surface area contributed by atoms with E-state index in [0.717, 1.165) is 6.42 Å². The first-order valence-corrected chi connectivity index (χ1v) is 9.27. The van der Waals surface area contributed by atoms with Crippen LogP contribution in [0.3, 0.4) is 0 Å². The molecule has 0 aliphatic rings. The maximum Gasteiger partial charge on any atom is 0.193 e. The summed E-state index contributed by atoms with van der Waals surface area (Å²) in [5.74, 6) is 0. The Morgan fingerprint density at radius 3 is 1.60 bits per heavy atom. The minimum atomic E-state index is -1.39. The van der Waals surface area contributed by atoms with Crippen molar-refractivity contribution >= 4 is 8.32 Å². The molecular weight excluding hydrogens is 200 g/mol. The van der Waals surface area contributed by atoms with E-state index in [-0.39, 0.29) is 0 Å². The SMILES string of the molecule is CCC[CH]O[Si](CCC)(CCC)CCC.